The zero-order chi connectivity index (χ0) is 20.7. The maximum absolute atomic E-state index is 12.2. The third kappa shape index (κ3) is 3.45. The van der Waals surface area contributed by atoms with Gasteiger partial charge in [-0.2, -0.15) is 4.98 Å². The molecule has 8 heteroatoms. The quantitative estimate of drug-likeness (QED) is 0.690. The zero-order valence-corrected chi connectivity index (χ0v) is 17.1. The molecule has 0 saturated heterocycles. The van der Waals surface area contributed by atoms with Crippen LogP contribution < -0.4 is 16.0 Å². The molecule has 1 atom stereocenters. The van der Waals surface area contributed by atoms with Crippen molar-refractivity contribution < 1.29 is 4.79 Å². The first-order valence-electron chi connectivity index (χ1n) is 9.12. The summed E-state index contributed by atoms with van der Waals surface area (Å²) in [5, 5.41) is 8.47. The van der Waals surface area contributed by atoms with E-state index in [2.05, 4.69) is 10.3 Å². The molecule has 1 unspecified atom stereocenters. The number of nitrogens with zero attached hydrogens (tertiary/aromatic N) is 4. The monoisotopic (exact) mass is 408 g/mol. The number of allylic oxidation sites excluding steroid dienone is 1. The second-order valence-electron chi connectivity index (χ2n) is 7.13. The summed E-state index contributed by atoms with van der Waals surface area (Å²) in [6, 6.07) is 14.8. The van der Waals surface area contributed by atoms with Crippen molar-refractivity contribution in [2.45, 2.75) is 13.0 Å². The van der Waals surface area contributed by atoms with Gasteiger partial charge in [-0.05, 0) is 48.9 Å². The minimum absolute atomic E-state index is 0.444. The normalized spacial score (nSPS) is 15.7. The molecule has 1 aliphatic heterocycles. The Balaban J connectivity index is 1.81. The number of nitrogens with one attached hydrogen (secondary N) is 1. The van der Waals surface area contributed by atoms with Crippen molar-refractivity contribution in [1.29, 1.82) is 0 Å². The van der Waals surface area contributed by atoms with E-state index in [-0.39, 0.29) is 0 Å². The number of hydrogen-bond acceptors (Lipinski definition) is 5. The summed E-state index contributed by atoms with van der Waals surface area (Å²) in [6.45, 7) is 1.81. The van der Waals surface area contributed by atoms with E-state index >= 15 is 0 Å². The average Bonchev–Trinajstić information content (AvgIpc) is 3.11. The summed E-state index contributed by atoms with van der Waals surface area (Å²) in [4.78, 5) is 18.9. The van der Waals surface area contributed by atoms with Crippen LogP contribution in [-0.4, -0.2) is 34.8 Å². The molecule has 1 aliphatic rings. The second kappa shape index (κ2) is 7.25. The Labute approximate surface area is 173 Å². The van der Waals surface area contributed by atoms with Crippen molar-refractivity contribution in [2.75, 3.05) is 24.3 Å². The van der Waals surface area contributed by atoms with Crippen molar-refractivity contribution in [3.8, 4) is 11.4 Å². The van der Waals surface area contributed by atoms with E-state index in [4.69, 9.17) is 22.4 Å². The van der Waals surface area contributed by atoms with Gasteiger partial charge in [0.05, 0.1) is 5.57 Å². The van der Waals surface area contributed by atoms with Crippen LogP contribution in [0.2, 0.25) is 5.02 Å². The first-order valence-corrected chi connectivity index (χ1v) is 9.50. The Morgan fingerprint density at radius 1 is 1.14 bits per heavy atom. The molecule has 0 bridgehead atoms. The number of nitrogens with two attached hydrogens (primary N) is 1. The van der Waals surface area contributed by atoms with Gasteiger partial charge in [0.1, 0.15) is 6.04 Å². The van der Waals surface area contributed by atoms with Crippen LogP contribution in [0.5, 0.6) is 0 Å². The summed E-state index contributed by atoms with van der Waals surface area (Å²) in [5.41, 5.74) is 9.63. The van der Waals surface area contributed by atoms with Crippen LogP contribution in [0.15, 0.2) is 59.8 Å². The smallest absolute Gasteiger partial charge is 0.248 e. The second-order valence-corrected chi connectivity index (χ2v) is 7.56. The lowest BCUT2D eigenvalue weighted by molar-refractivity contribution is -0.115. The molecule has 3 N–H and O–H groups in total. The number of primary amides is 1. The third-order valence-corrected chi connectivity index (χ3v) is 5.20. The Hall–Kier alpha value is -3.32. The lowest BCUT2D eigenvalue weighted by Crippen LogP contribution is -2.31. The molecule has 0 fully saturated rings. The van der Waals surface area contributed by atoms with Crippen LogP contribution in [0.3, 0.4) is 0 Å². The fourth-order valence-electron chi connectivity index (χ4n) is 3.45. The standard InChI is InChI=1S/C21H21ClN6O/c1-12-17(19(23)29)18(13-4-8-15(22)9-5-13)28-21(24-12)25-20(26-28)14-6-10-16(11-7-14)27(2)3/h4-11,18H,1-3H3,(H2,23,29)(H,24,25,26). The Morgan fingerprint density at radius 3 is 2.38 bits per heavy atom. The van der Waals surface area contributed by atoms with Gasteiger partial charge in [-0.25, -0.2) is 4.68 Å². The molecule has 0 aliphatic carbocycles. The summed E-state index contributed by atoms with van der Waals surface area (Å²) in [6.07, 6.45) is 0. The highest BCUT2D eigenvalue weighted by Crippen LogP contribution is 2.36. The number of halogens is 1. The van der Waals surface area contributed by atoms with E-state index < -0.39 is 11.9 Å². The SMILES string of the molecule is CC1=C(C(N)=O)C(c2ccc(Cl)cc2)n2nc(-c3ccc(N(C)C)cc3)nc2N1. The molecule has 2 aromatic carbocycles. The topological polar surface area (TPSA) is 89.1 Å². The fraction of sp³-hybridized carbons (Fsp3) is 0.190. The lowest BCUT2D eigenvalue weighted by atomic mass is 9.95. The van der Waals surface area contributed by atoms with Gasteiger partial charge in [0.2, 0.25) is 11.9 Å². The summed E-state index contributed by atoms with van der Waals surface area (Å²) in [5.74, 6) is 0.613. The maximum Gasteiger partial charge on any atom is 0.248 e. The number of aromatic nitrogens is 3. The van der Waals surface area contributed by atoms with E-state index in [9.17, 15) is 4.79 Å². The minimum Gasteiger partial charge on any atom is -0.378 e. The van der Waals surface area contributed by atoms with Gasteiger partial charge in [-0.3, -0.25) is 4.79 Å². The minimum atomic E-state index is -0.506. The Morgan fingerprint density at radius 2 is 1.79 bits per heavy atom. The average molecular weight is 409 g/mol. The number of amides is 1. The number of fused-ring (bicyclic) bond motifs is 1. The first kappa shape index (κ1) is 19.0. The van der Waals surface area contributed by atoms with Crippen LogP contribution in [-0.2, 0) is 4.79 Å². The Kier molecular flexibility index (Phi) is 4.76. The number of anilines is 2. The van der Waals surface area contributed by atoms with Gasteiger partial charge in [-0.15, -0.1) is 5.10 Å². The molecular formula is C21H21ClN6O. The first-order chi connectivity index (χ1) is 13.8. The van der Waals surface area contributed by atoms with Crippen LogP contribution in [0, 0.1) is 0 Å². The van der Waals surface area contributed by atoms with Crippen LogP contribution in [0.1, 0.15) is 18.5 Å². The van der Waals surface area contributed by atoms with Gasteiger partial charge >= 0.3 is 0 Å². The number of benzene rings is 2. The van der Waals surface area contributed by atoms with Gasteiger partial charge in [0.15, 0.2) is 5.82 Å². The van der Waals surface area contributed by atoms with E-state index in [1.165, 1.54) is 0 Å². The fourth-order valence-corrected chi connectivity index (χ4v) is 3.58. The highest BCUT2D eigenvalue weighted by Gasteiger charge is 2.33. The van der Waals surface area contributed by atoms with Crippen LogP contribution in [0.25, 0.3) is 11.4 Å². The van der Waals surface area contributed by atoms with Crippen LogP contribution in [0.4, 0.5) is 11.6 Å². The molecule has 0 radical (unpaired) electrons. The Bertz CT molecular complexity index is 1100. The molecule has 29 heavy (non-hydrogen) atoms. The maximum atomic E-state index is 12.2. The van der Waals surface area contributed by atoms with E-state index in [1.54, 1.807) is 16.8 Å². The highest BCUT2D eigenvalue weighted by molar-refractivity contribution is 6.30. The lowest BCUT2D eigenvalue weighted by Gasteiger charge is -2.27. The van der Waals surface area contributed by atoms with E-state index in [0.717, 1.165) is 16.8 Å². The molecule has 7 nitrogen and oxygen atoms in total. The molecule has 0 saturated carbocycles. The van der Waals surface area contributed by atoms with Gasteiger partial charge in [0, 0.05) is 36.1 Å². The van der Waals surface area contributed by atoms with Crippen LogP contribution >= 0.6 is 11.6 Å². The van der Waals surface area contributed by atoms with Crippen molar-refractivity contribution in [2.24, 2.45) is 5.73 Å². The molecule has 1 amide bonds. The third-order valence-electron chi connectivity index (χ3n) is 4.95. The molecule has 4 rings (SSSR count). The van der Waals surface area contributed by atoms with Gasteiger partial charge in [-0.1, -0.05) is 23.7 Å². The van der Waals surface area contributed by atoms with Crippen molar-refractivity contribution >= 4 is 29.1 Å². The largest absolute Gasteiger partial charge is 0.378 e. The van der Waals surface area contributed by atoms with Crippen molar-refractivity contribution in [3.05, 3.63) is 70.4 Å². The zero-order valence-electron chi connectivity index (χ0n) is 16.3. The molecular weight excluding hydrogens is 388 g/mol. The summed E-state index contributed by atoms with van der Waals surface area (Å²) in [7, 11) is 3.98. The molecule has 2 heterocycles. The van der Waals surface area contributed by atoms with E-state index in [0.29, 0.717) is 28.1 Å². The predicted molar refractivity (Wildman–Crippen MR) is 115 cm³/mol. The van der Waals surface area contributed by atoms with Crippen molar-refractivity contribution in [3.63, 3.8) is 0 Å². The molecule has 3 aromatic rings. The molecule has 148 valence electrons. The number of carbonyl (C=O) groups excluding carboxylic acids is 1. The summed E-state index contributed by atoms with van der Waals surface area (Å²) < 4.78 is 1.70. The summed E-state index contributed by atoms with van der Waals surface area (Å²) >= 11 is 6.04. The predicted octanol–water partition coefficient (Wildman–Crippen LogP) is 3.44. The van der Waals surface area contributed by atoms with Gasteiger partial charge in [0.25, 0.3) is 0 Å². The number of carbonyl (C=O) groups is 1. The van der Waals surface area contributed by atoms with E-state index in [1.807, 2.05) is 62.3 Å². The molecule has 1 aromatic heterocycles. The van der Waals surface area contributed by atoms with Gasteiger partial charge < -0.3 is 16.0 Å². The number of rotatable bonds is 4. The number of hydrogen-bond donors (Lipinski definition) is 2. The highest BCUT2D eigenvalue weighted by atomic mass is 35.5. The van der Waals surface area contributed by atoms with Crippen molar-refractivity contribution in [1.82, 2.24) is 14.8 Å². The molecule has 0 spiro atoms.